The Morgan fingerprint density at radius 2 is 1.85 bits per heavy atom. The molecule has 1 aromatic rings. The maximum atomic E-state index is 12.5. The van der Waals surface area contributed by atoms with Gasteiger partial charge in [0.2, 0.25) is 11.8 Å². The zero-order chi connectivity index (χ0) is 14.4. The van der Waals surface area contributed by atoms with Crippen molar-refractivity contribution in [2.24, 2.45) is 17.8 Å². The minimum atomic E-state index is -0.130. The molecule has 0 spiro atoms. The van der Waals surface area contributed by atoms with E-state index in [4.69, 9.17) is 11.6 Å². The van der Waals surface area contributed by atoms with Gasteiger partial charge < -0.3 is 0 Å². The Kier molecular flexibility index (Phi) is 3.63. The van der Waals surface area contributed by atoms with E-state index in [2.05, 4.69) is 22.9 Å². The van der Waals surface area contributed by atoms with E-state index in [1.54, 1.807) is 18.2 Å². The molecule has 2 amide bonds. The van der Waals surface area contributed by atoms with Crippen LogP contribution in [0, 0.1) is 17.8 Å². The summed E-state index contributed by atoms with van der Waals surface area (Å²) >= 11 is 9.30. The summed E-state index contributed by atoms with van der Waals surface area (Å²) in [6.07, 6.45) is 2.72. The summed E-state index contributed by atoms with van der Waals surface area (Å²) in [4.78, 5) is 26.4. The van der Waals surface area contributed by atoms with Crippen molar-refractivity contribution in [3.8, 4) is 0 Å². The minimum absolute atomic E-state index is 0.0565. The molecule has 0 N–H and O–H groups in total. The standard InChI is InChI=1S/C15H15BrClNO2/c1-2-8-5-10-11(6-8)15(20)18(14(10)19)13-4-3-9(17)7-12(13)16/h3-4,7-8,10-11H,2,5-6H2,1H3. The largest absolute Gasteiger partial charge is 0.274 e. The fourth-order valence-corrected chi connectivity index (χ4v) is 4.22. The van der Waals surface area contributed by atoms with Gasteiger partial charge in [-0.1, -0.05) is 24.9 Å². The van der Waals surface area contributed by atoms with Crippen LogP contribution in [0.5, 0.6) is 0 Å². The van der Waals surface area contributed by atoms with Gasteiger partial charge in [0.05, 0.1) is 17.5 Å². The first-order valence-corrected chi connectivity index (χ1v) is 8.03. The fourth-order valence-electron chi connectivity index (χ4n) is 3.36. The molecule has 1 aliphatic carbocycles. The van der Waals surface area contributed by atoms with Crippen LogP contribution < -0.4 is 4.90 Å². The van der Waals surface area contributed by atoms with Crippen LogP contribution in [0.15, 0.2) is 22.7 Å². The molecule has 3 nitrogen and oxygen atoms in total. The number of imide groups is 1. The average molecular weight is 357 g/mol. The van der Waals surface area contributed by atoms with Crippen molar-refractivity contribution in [1.29, 1.82) is 0 Å². The predicted molar refractivity (Wildman–Crippen MR) is 81.6 cm³/mol. The molecule has 106 valence electrons. The summed E-state index contributed by atoms with van der Waals surface area (Å²) < 4.78 is 0.679. The van der Waals surface area contributed by atoms with Crippen LogP contribution in [0.4, 0.5) is 5.69 Å². The SMILES string of the molecule is CCC1CC2C(=O)N(c3ccc(Cl)cc3Br)C(=O)C2C1. The van der Waals surface area contributed by atoms with E-state index in [0.29, 0.717) is 21.1 Å². The van der Waals surface area contributed by atoms with Crippen molar-refractivity contribution in [1.82, 2.24) is 0 Å². The molecule has 0 radical (unpaired) electrons. The molecule has 2 atom stereocenters. The number of carbonyl (C=O) groups excluding carboxylic acids is 2. The summed E-state index contributed by atoms with van der Waals surface area (Å²) in [5.74, 6) is 0.136. The molecular formula is C15H15BrClNO2. The predicted octanol–water partition coefficient (Wildman–Crippen LogP) is 4.03. The van der Waals surface area contributed by atoms with E-state index < -0.39 is 0 Å². The van der Waals surface area contributed by atoms with E-state index >= 15 is 0 Å². The lowest BCUT2D eigenvalue weighted by Gasteiger charge is -2.19. The van der Waals surface area contributed by atoms with Crippen LogP contribution in [0.25, 0.3) is 0 Å². The number of nitrogens with zero attached hydrogens (tertiary/aromatic N) is 1. The lowest BCUT2D eigenvalue weighted by Crippen LogP contribution is -2.32. The molecule has 0 bridgehead atoms. The first-order valence-electron chi connectivity index (χ1n) is 6.85. The van der Waals surface area contributed by atoms with Gasteiger partial charge in [0.15, 0.2) is 0 Å². The van der Waals surface area contributed by atoms with E-state index in [-0.39, 0.29) is 23.7 Å². The molecular weight excluding hydrogens is 342 g/mol. The highest BCUT2D eigenvalue weighted by Crippen LogP contribution is 2.46. The van der Waals surface area contributed by atoms with Gasteiger partial charge >= 0.3 is 0 Å². The second-order valence-corrected chi connectivity index (χ2v) is 6.86. The van der Waals surface area contributed by atoms with Crippen LogP contribution in [-0.2, 0) is 9.59 Å². The Labute approximate surface area is 131 Å². The third-order valence-electron chi connectivity index (χ3n) is 4.46. The fraction of sp³-hybridized carbons (Fsp3) is 0.467. The molecule has 1 saturated carbocycles. The zero-order valence-corrected chi connectivity index (χ0v) is 13.4. The number of fused-ring (bicyclic) bond motifs is 1. The van der Waals surface area contributed by atoms with Gasteiger partial charge in [-0.3, -0.25) is 9.59 Å². The molecule has 1 heterocycles. The van der Waals surface area contributed by atoms with Gasteiger partial charge in [-0.15, -0.1) is 0 Å². The summed E-state index contributed by atoms with van der Waals surface area (Å²) in [6.45, 7) is 2.12. The minimum Gasteiger partial charge on any atom is -0.274 e. The van der Waals surface area contributed by atoms with Crippen molar-refractivity contribution in [3.05, 3.63) is 27.7 Å². The topological polar surface area (TPSA) is 37.4 Å². The van der Waals surface area contributed by atoms with Gasteiger partial charge in [0, 0.05) is 9.50 Å². The summed E-state index contributed by atoms with van der Waals surface area (Å²) in [5.41, 5.74) is 0.604. The Balaban J connectivity index is 1.94. The Morgan fingerprint density at radius 1 is 1.25 bits per heavy atom. The maximum absolute atomic E-state index is 12.5. The van der Waals surface area contributed by atoms with Crippen molar-refractivity contribution in [2.45, 2.75) is 26.2 Å². The lowest BCUT2D eigenvalue weighted by molar-refractivity contribution is -0.123. The number of carbonyl (C=O) groups is 2. The van der Waals surface area contributed by atoms with E-state index in [0.717, 1.165) is 19.3 Å². The highest BCUT2D eigenvalue weighted by atomic mass is 79.9. The highest BCUT2D eigenvalue weighted by molar-refractivity contribution is 9.10. The third-order valence-corrected chi connectivity index (χ3v) is 5.33. The van der Waals surface area contributed by atoms with Crippen LogP contribution in [-0.4, -0.2) is 11.8 Å². The molecule has 2 fully saturated rings. The van der Waals surface area contributed by atoms with Gasteiger partial charge in [-0.25, -0.2) is 4.90 Å². The number of benzene rings is 1. The molecule has 20 heavy (non-hydrogen) atoms. The van der Waals surface area contributed by atoms with E-state index in [1.165, 1.54) is 4.90 Å². The zero-order valence-electron chi connectivity index (χ0n) is 11.1. The maximum Gasteiger partial charge on any atom is 0.237 e. The number of halogens is 2. The number of hydrogen-bond donors (Lipinski definition) is 0. The van der Waals surface area contributed by atoms with Gasteiger partial charge in [0.25, 0.3) is 0 Å². The van der Waals surface area contributed by atoms with Crippen molar-refractivity contribution >= 4 is 45.0 Å². The lowest BCUT2D eigenvalue weighted by atomic mass is 10.00. The highest BCUT2D eigenvalue weighted by Gasteiger charge is 2.52. The van der Waals surface area contributed by atoms with Crippen molar-refractivity contribution < 1.29 is 9.59 Å². The normalized spacial score (nSPS) is 29.1. The van der Waals surface area contributed by atoms with Gasteiger partial charge in [-0.2, -0.15) is 0 Å². The number of rotatable bonds is 2. The summed E-state index contributed by atoms with van der Waals surface area (Å²) in [5, 5.41) is 0.575. The Bertz CT molecular complexity index is 565. The van der Waals surface area contributed by atoms with E-state index in [9.17, 15) is 9.59 Å². The number of amides is 2. The molecule has 1 aliphatic heterocycles. The quantitative estimate of drug-likeness (QED) is 0.750. The van der Waals surface area contributed by atoms with Crippen molar-refractivity contribution in [2.75, 3.05) is 4.90 Å². The third kappa shape index (κ3) is 2.09. The molecule has 1 saturated heterocycles. The van der Waals surface area contributed by atoms with Crippen LogP contribution >= 0.6 is 27.5 Å². The Hall–Kier alpha value is -0.870. The first-order chi connectivity index (χ1) is 9.52. The monoisotopic (exact) mass is 355 g/mol. The first kappa shape index (κ1) is 14.1. The second-order valence-electron chi connectivity index (χ2n) is 5.57. The molecule has 0 aromatic heterocycles. The molecule has 2 aliphatic rings. The second kappa shape index (κ2) is 5.15. The number of anilines is 1. The van der Waals surface area contributed by atoms with E-state index in [1.807, 2.05) is 0 Å². The molecule has 5 heteroatoms. The van der Waals surface area contributed by atoms with Crippen LogP contribution in [0.3, 0.4) is 0 Å². The van der Waals surface area contributed by atoms with Crippen molar-refractivity contribution in [3.63, 3.8) is 0 Å². The van der Waals surface area contributed by atoms with Crippen LogP contribution in [0.2, 0.25) is 5.02 Å². The van der Waals surface area contributed by atoms with Gasteiger partial charge in [-0.05, 0) is 52.9 Å². The van der Waals surface area contributed by atoms with Crippen LogP contribution in [0.1, 0.15) is 26.2 Å². The Morgan fingerprint density at radius 3 is 2.35 bits per heavy atom. The molecule has 3 rings (SSSR count). The summed E-state index contributed by atoms with van der Waals surface area (Å²) in [6, 6.07) is 5.13. The van der Waals surface area contributed by atoms with Gasteiger partial charge in [0.1, 0.15) is 0 Å². The average Bonchev–Trinajstić information content (AvgIpc) is 2.93. The number of hydrogen-bond acceptors (Lipinski definition) is 2. The molecule has 2 unspecified atom stereocenters. The molecule has 1 aromatic carbocycles. The summed E-state index contributed by atoms with van der Waals surface area (Å²) in [7, 11) is 0. The smallest absolute Gasteiger partial charge is 0.237 e.